The Morgan fingerprint density at radius 1 is 1.17 bits per heavy atom. The van der Waals surface area contributed by atoms with Crippen molar-refractivity contribution in [2.24, 2.45) is 10.4 Å². The number of halogens is 2. The van der Waals surface area contributed by atoms with Gasteiger partial charge in [-0.1, -0.05) is 23.7 Å². The van der Waals surface area contributed by atoms with E-state index in [0.717, 1.165) is 76.4 Å². The maximum atomic E-state index is 6.31. The number of likely N-dealkylation sites (tertiary alicyclic amines) is 1. The summed E-state index contributed by atoms with van der Waals surface area (Å²) in [6, 6.07) is 8.29. The molecule has 4 rings (SSSR count). The highest BCUT2D eigenvalue weighted by molar-refractivity contribution is 14.0. The van der Waals surface area contributed by atoms with Crippen molar-refractivity contribution in [1.29, 1.82) is 0 Å². The number of hydrogen-bond donors (Lipinski definition) is 1. The molecule has 0 radical (unpaired) electrons. The molecule has 7 heteroatoms. The lowest BCUT2D eigenvalue weighted by atomic mass is 9.74. The van der Waals surface area contributed by atoms with Gasteiger partial charge < -0.3 is 19.7 Å². The Morgan fingerprint density at radius 3 is 2.66 bits per heavy atom. The van der Waals surface area contributed by atoms with E-state index in [1.165, 1.54) is 18.4 Å². The highest BCUT2D eigenvalue weighted by Gasteiger charge is 2.42. The molecule has 3 saturated heterocycles. The zero-order valence-corrected chi connectivity index (χ0v) is 20.4. The van der Waals surface area contributed by atoms with Gasteiger partial charge in [-0.3, -0.25) is 4.99 Å². The fraction of sp³-hybridized carbons (Fsp3) is 0.682. The molecule has 1 spiro atoms. The average molecular weight is 534 g/mol. The standard InChI is InChI=1S/C22H32ClN3O2.HI/c1-2-24-20(26-10-6-21(16-26)7-11-28-17-21)25-15-22(8-12-27-13-9-22)18-4-3-5-19(23)14-18;/h3-5,14H,2,6-13,15-17H2,1H3,(H,24,25);1H. The van der Waals surface area contributed by atoms with E-state index in [9.17, 15) is 0 Å². The number of guanidine groups is 1. The Balaban J connectivity index is 0.00000240. The Labute approximate surface area is 196 Å². The molecule has 0 bridgehead atoms. The normalized spacial score (nSPS) is 26.6. The summed E-state index contributed by atoms with van der Waals surface area (Å²) in [5.41, 5.74) is 1.61. The Bertz CT molecular complexity index is 703. The summed E-state index contributed by atoms with van der Waals surface area (Å²) in [7, 11) is 0. The van der Waals surface area contributed by atoms with E-state index in [1.54, 1.807) is 0 Å². The lowest BCUT2D eigenvalue weighted by molar-refractivity contribution is 0.0530. The predicted octanol–water partition coefficient (Wildman–Crippen LogP) is 4.08. The molecule has 1 aromatic rings. The van der Waals surface area contributed by atoms with Crippen LogP contribution in [0.15, 0.2) is 29.3 Å². The van der Waals surface area contributed by atoms with Gasteiger partial charge in [0, 0.05) is 55.3 Å². The van der Waals surface area contributed by atoms with Gasteiger partial charge in [0.25, 0.3) is 0 Å². The molecule has 0 amide bonds. The van der Waals surface area contributed by atoms with E-state index in [1.807, 2.05) is 12.1 Å². The van der Waals surface area contributed by atoms with Crippen molar-refractivity contribution in [3.63, 3.8) is 0 Å². The van der Waals surface area contributed by atoms with Gasteiger partial charge >= 0.3 is 0 Å². The van der Waals surface area contributed by atoms with E-state index in [-0.39, 0.29) is 29.4 Å². The van der Waals surface area contributed by atoms with E-state index in [2.05, 4.69) is 29.3 Å². The summed E-state index contributed by atoms with van der Waals surface area (Å²) in [6.45, 7) is 9.25. The van der Waals surface area contributed by atoms with E-state index in [0.29, 0.717) is 5.41 Å². The molecule has 162 valence electrons. The first-order valence-corrected chi connectivity index (χ1v) is 11.0. The second-order valence-electron chi connectivity index (χ2n) is 8.55. The molecule has 0 aromatic heterocycles. The molecule has 3 heterocycles. The Hall–Kier alpha value is -0.570. The topological polar surface area (TPSA) is 46.1 Å². The van der Waals surface area contributed by atoms with Gasteiger partial charge in [-0.2, -0.15) is 0 Å². The number of aliphatic imine (C=N–C) groups is 1. The minimum absolute atomic E-state index is 0. The van der Waals surface area contributed by atoms with Gasteiger partial charge in [0.1, 0.15) is 0 Å². The quantitative estimate of drug-likeness (QED) is 0.360. The molecular formula is C22H33ClIN3O2. The second-order valence-corrected chi connectivity index (χ2v) is 8.98. The molecule has 5 nitrogen and oxygen atoms in total. The highest BCUT2D eigenvalue weighted by Crippen LogP contribution is 2.39. The van der Waals surface area contributed by atoms with Crippen LogP contribution in [-0.4, -0.2) is 63.5 Å². The smallest absolute Gasteiger partial charge is 0.193 e. The monoisotopic (exact) mass is 533 g/mol. The zero-order valence-electron chi connectivity index (χ0n) is 17.3. The first-order valence-electron chi connectivity index (χ1n) is 10.6. The third kappa shape index (κ3) is 5.20. The summed E-state index contributed by atoms with van der Waals surface area (Å²) in [6.07, 6.45) is 4.33. The molecule has 3 aliphatic heterocycles. The number of nitrogens with zero attached hydrogens (tertiary/aromatic N) is 2. The second kappa shape index (κ2) is 10.2. The molecule has 1 atom stereocenters. The lowest BCUT2D eigenvalue weighted by Gasteiger charge is -2.37. The van der Waals surface area contributed by atoms with E-state index < -0.39 is 0 Å². The highest BCUT2D eigenvalue weighted by atomic mass is 127. The maximum Gasteiger partial charge on any atom is 0.193 e. The number of benzene rings is 1. The third-order valence-electron chi connectivity index (χ3n) is 6.68. The van der Waals surface area contributed by atoms with Gasteiger partial charge in [0.05, 0.1) is 13.2 Å². The van der Waals surface area contributed by atoms with Gasteiger partial charge in [-0.25, -0.2) is 0 Å². The molecular weight excluding hydrogens is 501 g/mol. The molecule has 0 aliphatic carbocycles. The first-order chi connectivity index (χ1) is 13.6. The van der Waals surface area contributed by atoms with Crippen molar-refractivity contribution in [3.8, 4) is 0 Å². The fourth-order valence-electron chi connectivity index (χ4n) is 4.86. The summed E-state index contributed by atoms with van der Waals surface area (Å²) >= 11 is 6.31. The van der Waals surface area contributed by atoms with E-state index >= 15 is 0 Å². The lowest BCUT2D eigenvalue weighted by Crippen LogP contribution is -2.43. The van der Waals surface area contributed by atoms with Crippen LogP contribution in [0.4, 0.5) is 0 Å². The Kier molecular flexibility index (Phi) is 8.09. The van der Waals surface area contributed by atoms with Crippen LogP contribution < -0.4 is 5.32 Å². The van der Waals surface area contributed by atoms with Crippen molar-refractivity contribution >= 4 is 41.5 Å². The summed E-state index contributed by atoms with van der Waals surface area (Å²) in [4.78, 5) is 7.58. The van der Waals surface area contributed by atoms with Gasteiger partial charge in [0.2, 0.25) is 0 Å². The van der Waals surface area contributed by atoms with Crippen molar-refractivity contribution in [2.45, 2.75) is 38.0 Å². The van der Waals surface area contributed by atoms with Crippen LogP contribution in [0.2, 0.25) is 5.02 Å². The number of ether oxygens (including phenoxy) is 2. The summed E-state index contributed by atoms with van der Waals surface area (Å²) in [5.74, 6) is 1.04. The Morgan fingerprint density at radius 2 is 1.97 bits per heavy atom. The van der Waals surface area contributed by atoms with Crippen LogP contribution in [0, 0.1) is 5.41 Å². The minimum Gasteiger partial charge on any atom is -0.381 e. The van der Waals surface area contributed by atoms with Crippen LogP contribution in [0.3, 0.4) is 0 Å². The number of rotatable bonds is 4. The largest absolute Gasteiger partial charge is 0.381 e. The predicted molar refractivity (Wildman–Crippen MR) is 129 cm³/mol. The first kappa shape index (κ1) is 23.1. The summed E-state index contributed by atoms with van der Waals surface area (Å²) in [5, 5.41) is 4.32. The average Bonchev–Trinajstić information content (AvgIpc) is 3.36. The SMILES string of the molecule is CCNC(=NCC1(c2cccc(Cl)c2)CCOCC1)N1CCC2(CCOC2)C1.I. The van der Waals surface area contributed by atoms with E-state index in [4.69, 9.17) is 26.1 Å². The van der Waals surface area contributed by atoms with Crippen molar-refractivity contribution < 1.29 is 9.47 Å². The molecule has 1 N–H and O–H groups in total. The molecule has 3 fully saturated rings. The number of hydrogen-bond acceptors (Lipinski definition) is 3. The van der Waals surface area contributed by atoms with Crippen LogP contribution in [-0.2, 0) is 14.9 Å². The minimum atomic E-state index is -0.00228. The molecule has 29 heavy (non-hydrogen) atoms. The van der Waals surface area contributed by atoms with Crippen LogP contribution in [0.5, 0.6) is 0 Å². The molecule has 1 unspecified atom stereocenters. The van der Waals surface area contributed by atoms with Gasteiger partial charge in [-0.15, -0.1) is 24.0 Å². The van der Waals surface area contributed by atoms with Crippen LogP contribution >= 0.6 is 35.6 Å². The molecule has 0 saturated carbocycles. The number of nitrogens with one attached hydrogen (secondary N) is 1. The maximum absolute atomic E-state index is 6.31. The molecule has 3 aliphatic rings. The zero-order chi connectivity index (χ0) is 19.5. The van der Waals surface area contributed by atoms with Gasteiger partial charge in [-0.05, 0) is 50.3 Å². The van der Waals surface area contributed by atoms with Crippen molar-refractivity contribution in [3.05, 3.63) is 34.9 Å². The fourth-order valence-corrected chi connectivity index (χ4v) is 5.05. The summed E-state index contributed by atoms with van der Waals surface area (Å²) < 4.78 is 11.4. The van der Waals surface area contributed by atoms with Crippen molar-refractivity contribution in [1.82, 2.24) is 10.2 Å². The van der Waals surface area contributed by atoms with Crippen LogP contribution in [0.25, 0.3) is 0 Å². The van der Waals surface area contributed by atoms with Crippen LogP contribution in [0.1, 0.15) is 38.2 Å². The van der Waals surface area contributed by atoms with Gasteiger partial charge in [0.15, 0.2) is 5.96 Å². The van der Waals surface area contributed by atoms with Crippen molar-refractivity contribution in [2.75, 3.05) is 52.6 Å². The third-order valence-corrected chi connectivity index (χ3v) is 6.91. The molecule has 1 aromatic carbocycles.